The van der Waals surface area contributed by atoms with E-state index in [4.69, 9.17) is 23.2 Å². The Kier molecular flexibility index (Phi) is 5.34. The van der Waals surface area contributed by atoms with E-state index in [1.807, 2.05) is 0 Å². The summed E-state index contributed by atoms with van der Waals surface area (Å²) in [5.41, 5.74) is -1.21. The average molecular weight is 431 g/mol. The molecule has 2 N–H and O–H groups in total. The first-order valence-electron chi connectivity index (χ1n) is 8.29. The number of amides is 2. The summed E-state index contributed by atoms with van der Waals surface area (Å²) in [6.07, 6.45) is -4.05. The third-order valence-corrected chi connectivity index (χ3v) is 5.32. The Morgan fingerprint density at radius 2 is 1.43 bits per heavy atom. The first-order valence-corrected chi connectivity index (χ1v) is 9.04. The van der Waals surface area contributed by atoms with Crippen LogP contribution in [-0.4, -0.2) is 11.8 Å². The van der Waals surface area contributed by atoms with Gasteiger partial charge in [0, 0.05) is 16.4 Å². The second-order valence-corrected chi connectivity index (χ2v) is 7.46. The number of aryl methyl sites for hydroxylation is 1. The molecule has 148 valence electrons. The van der Waals surface area contributed by atoms with Crippen molar-refractivity contribution in [1.82, 2.24) is 0 Å². The van der Waals surface area contributed by atoms with Gasteiger partial charge in [-0.25, -0.2) is 0 Å². The van der Waals surface area contributed by atoms with Crippen LogP contribution < -0.4 is 10.6 Å². The van der Waals surface area contributed by atoms with E-state index in [9.17, 15) is 22.8 Å². The lowest BCUT2D eigenvalue weighted by atomic mass is 10.0. The second kappa shape index (κ2) is 7.29. The molecular weight excluding hydrogens is 416 g/mol. The number of alkyl halides is 3. The Morgan fingerprint density at radius 1 is 0.929 bits per heavy atom. The highest BCUT2D eigenvalue weighted by molar-refractivity contribution is 6.32. The molecule has 0 bridgehead atoms. The summed E-state index contributed by atoms with van der Waals surface area (Å²) in [5, 5.41) is 5.13. The minimum atomic E-state index is -4.65. The van der Waals surface area contributed by atoms with Gasteiger partial charge in [0.05, 0.1) is 10.6 Å². The fourth-order valence-electron chi connectivity index (χ4n) is 2.73. The van der Waals surface area contributed by atoms with Crippen molar-refractivity contribution in [1.29, 1.82) is 0 Å². The van der Waals surface area contributed by atoms with Crippen molar-refractivity contribution in [3.8, 4) is 0 Å². The molecule has 4 nitrogen and oxygen atoms in total. The fourth-order valence-corrected chi connectivity index (χ4v) is 3.07. The number of nitrogens with one attached hydrogen (secondary N) is 2. The molecule has 0 atom stereocenters. The molecule has 1 aliphatic carbocycles. The minimum absolute atomic E-state index is 0.0804. The Balaban J connectivity index is 1.75. The minimum Gasteiger partial charge on any atom is -0.325 e. The van der Waals surface area contributed by atoms with Crippen molar-refractivity contribution in [2.45, 2.75) is 25.9 Å². The molecule has 3 rings (SSSR count). The first-order chi connectivity index (χ1) is 13.0. The highest BCUT2D eigenvalue weighted by atomic mass is 35.5. The highest BCUT2D eigenvalue weighted by Gasteiger charge is 2.56. The van der Waals surface area contributed by atoms with Crippen LogP contribution in [-0.2, 0) is 15.8 Å². The maximum atomic E-state index is 13.0. The molecule has 2 aromatic rings. The zero-order valence-corrected chi connectivity index (χ0v) is 16.1. The van der Waals surface area contributed by atoms with Gasteiger partial charge < -0.3 is 10.6 Å². The van der Waals surface area contributed by atoms with E-state index in [1.165, 1.54) is 6.07 Å². The summed E-state index contributed by atoms with van der Waals surface area (Å²) in [5.74, 6) is -1.18. The van der Waals surface area contributed by atoms with Crippen LogP contribution >= 0.6 is 23.2 Å². The molecule has 0 radical (unpaired) electrons. The van der Waals surface area contributed by atoms with E-state index in [1.54, 1.807) is 25.1 Å². The molecule has 0 aliphatic heterocycles. The highest BCUT2D eigenvalue weighted by Crippen LogP contribution is 2.48. The maximum Gasteiger partial charge on any atom is 0.417 e. The number of rotatable bonds is 4. The molecule has 9 heteroatoms. The van der Waals surface area contributed by atoms with E-state index in [-0.39, 0.29) is 5.69 Å². The van der Waals surface area contributed by atoms with Crippen molar-refractivity contribution in [3.05, 3.63) is 57.6 Å². The molecule has 0 unspecified atom stereocenters. The van der Waals surface area contributed by atoms with Gasteiger partial charge in [0.15, 0.2) is 0 Å². The van der Waals surface area contributed by atoms with E-state index < -0.39 is 34.0 Å². The largest absolute Gasteiger partial charge is 0.417 e. The predicted molar refractivity (Wildman–Crippen MR) is 102 cm³/mol. The summed E-state index contributed by atoms with van der Waals surface area (Å²) >= 11 is 11.5. The molecule has 2 amide bonds. The Hall–Kier alpha value is -2.25. The van der Waals surface area contributed by atoms with Crippen LogP contribution in [0.1, 0.15) is 24.0 Å². The molecule has 1 saturated carbocycles. The van der Waals surface area contributed by atoms with Gasteiger partial charge >= 0.3 is 6.18 Å². The van der Waals surface area contributed by atoms with Crippen LogP contribution in [0.2, 0.25) is 10.0 Å². The van der Waals surface area contributed by atoms with Crippen LogP contribution in [0.3, 0.4) is 0 Å². The standard InChI is InChI=1S/C19H15Cl2F3N2O2/c1-10-8-11(2-4-14(10)20)25-16(27)18(6-7-18)17(28)26-12-3-5-15(21)13(9-12)19(22,23)24/h2-5,8-9H,6-7H2,1H3,(H,25,27)(H,26,28). The normalized spacial score (nSPS) is 15.1. The number of carbonyl (C=O) groups is 2. The Morgan fingerprint density at radius 3 is 1.89 bits per heavy atom. The van der Waals surface area contributed by atoms with Crippen LogP contribution in [0.15, 0.2) is 36.4 Å². The third kappa shape index (κ3) is 4.10. The van der Waals surface area contributed by atoms with Crippen molar-refractivity contribution in [3.63, 3.8) is 0 Å². The van der Waals surface area contributed by atoms with Gasteiger partial charge in [-0.05, 0) is 61.7 Å². The van der Waals surface area contributed by atoms with Crippen LogP contribution in [0.5, 0.6) is 0 Å². The molecule has 28 heavy (non-hydrogen) atoms. The summed E-state index contributed by atoms with van der Waals surface area (Å²) in [6, 6.07) is 7.95. The molecule has 0 saturated heterocycles. The molecule has 0 heterocycles. The summed E-state index contributed by atoms with van der Waals surface area (Å²) in [6.45, 7) is 1.77. The fraction of sp³-hybridized carbons (Fsp3) is 0.263. The van der Waals surface area contributed by atoms with Crippen molar-refractivity contribution >= 4 is 46.4 Å². The van der Waals surface area contributed by atoms with Crippen LogP contribution in [0, 0.1) is 12.3 Å². The average Bonchev–Trinajstić information content (AvgIpc) is 3.41. The van der Waals surface area contributed by atoms with Gasteiger partial charge in [0.1, 0.15) is 5.41 Å². The third-order valence-electron chi connectivity index (χ3n) is 4.56. The second-order valence-electron chi connectivity index (χ2n) is 6.65. The van der Waals surface area contributed by atoms with Crippen LogP contribution in [0.4, 0.5) is 24.5 Å². The first kappa shape index (κ1) is 20.5. The molecule has 2 aromatic carbocycles. The molecule has 1 fully saturated rings. The zero-order chi connectivity index (χ0) is 20.7. The van der Waals surface area contributed by atoms with Crippen molar-refractivity contribution in [2.24, 2.45) is 5.41 Å². The van der Waals surface area contributed by atoms with Crippen molar-refractivity contribution in [2.75, 3.05) is 10.6 Å². The summed E-state index contributed by atoms with van der Waals surface area (Å²) in [7, 11) is 0. The van der Waals surface area contributed by atoms with E-state index in [2.05, 4.69) is 10.6 Å². The lowest BCUT2D eigenvalue weighted by Crippen LogP contribution is -2.35. The monoisotopic (exact) mass is 430 g/mol. The predicted octanol–water partition coefficient (Wildman–Crippen LogP) is 5.68. The zero-order valence-electron chi connectivity index (χ0n) is 14.6. The van der Waals surface area contributed by atoms with Gasteiger partial charge in [-0.3, -0.25) is 9.59 Å². The number of carbonyl (C=O) groups excluding carboxylic acids is 2. The Labute approximate surface area is 169 Å². The smallest absolute Gasteiger partial charge is 0.325 e. The molecule has 0 spiro atoms. The van der Waals surface area contributed by atoms with Gasteiger partial charge in [-0.2, -0.15) is 13.2 Å². The number of hydrogen-bond acceptors (Lipinski definition) is 2. The molecule has 1 aliphatic rings. The number of hydrogen-bond donors (Lipinski definition) is 2. The van der Waals surface area contributed by atoms with E-state index >= 15 is 0 Å². The van der Waals surface area contributed by atoms with Crippen molar-refractivity contribution < 1.29 is 22.8 Å². The topological polar surface area (TPSA) is 58.2 Å². The molecular formula is C19H15Cl2F3N2O2. The van der Waals surface area contributed by atoms with E-state index in [0.717, 1.165) is 17.7 Å². The lowest BCUT2D eigenvalue weighted by molar-refractivity contribution is -0.137. The van der Waals surface area contributed by atoms with Gasteiger partial charge in [-0.1, -0.05) is 23.2 Å². The quantitative estimate of drug-likeness (QED) is 0.613. The van der Waals surface area contributed by atoms with E-state index in [0.29, 0.717) is 23.6 Å². The van der Waals surface area contributed by atoms with Gasteiger partial charge in [0.25, 0.3) is 0 Å². The molecule has 0 aromatic heterocycles. The number of benzene rings is 2. The van der Waals surface area contributed by atoms with Crippen LogP contribution in [0.25, 0.3) is 0 Å². The van der Waals surface area contributed by atoms with Gasteiger partial charge in [0.2, 0.25) is 11.8 Å². The summed E-state index contributed by atoms with van der Waals surface area (Å²) < 4.78 is 38.9. The SMILES string of the molecule is Cc1cc(NC(=O)C2(C(=O)Nc3ccc(Cl)c(C(F)(F)F)c3)CC2)ccc1Cl. The number of halogens is 5. The van der Waals surface area contributed by atoms with Gasteiger partial charge in [-0.15, -0.1) is 0 Å². The lowest BCUT2D eigenvalue weighted by Gasteiger charge is -2.17. The Bertz CT molecular complexity index is 957. The number of anilines is 2. The maximum absolute atomic E-state index is 13.0. The summed E-state index contributed by atoms with van der Waals surface area (Å²) in [4.78, 5) is 25.2.